The van der Waals surface area contributed by atoms with Gasteiger partial charge in [-0.25, -0.2) is 4.79 Å². The van der Waals surface area contributed by atoms with E-state index in [0.717, 1.165) is 19.3 Å². The molecule has 0 aromatic heterocycles. The van der Waals surface area contributed by atoms with E-state index in [0.29, 0.717) is 106 Å². The van der Waals surface area contributed by atoms with Crippen LogP contribution in [0.25, 0.3) is 0 Å². The maximum atomic E-state index is 11.9. The number of carboxylic acid groups (broad SMARTS) is 1. The van der Waals surface area contributed by atoms with Crippen LogP contribution in [0.2, 0.25) is 0 Å². The predicted molar refractivity (Wildman–Crippen MR) is 149 cm³/mol. The Morgan fingerprint density at radius 2 is 1.05 bits per heavy atom. The molecule has 1 rings (SSSR count). The Balaban J connectivity index is 1.69. The number of amides is 1. The first-order chi connectivity index (χ1) is 20.2. The molecule has 13 heteroatoms. The van der Waals surface area contributed by atoms with E-state index in [9.17, 15) is 9.59 Å². The van der Waals surface area contributed by atoms with Crippen molar-refractivity contribution in [3.63, 3.8) is 0 Å². The van der Waals surface area contributed by atoms with Crippen molar-refractivity contribution in [2.75, 3.05) is 112 Å². The van der Waals surface area contributed by atoms with Crippen molar-refractivity contribution in [1.29, 1.82) is 0 Å². The topological polar surface area (TPSA) is 149 Å². The van der Waals surface area contributed by atoms with Gasteiger partial charge in [-0.3, -0.25) is 4.79 Å². The molecule has 1 amide bonds. The molecule has 2 N–H and O–H groups in total. The summed E-state index contributed by atoms with van der Waals surface area (Å²) >= 11 is 0. The van der Waals surface area contributed by atoms with Gasteiger partial charge in [-0.15, -0.1) is 0 Å². The quantitative estimate of drug-likeness (QED) is 0.101. The van der Waals surface area contributed by atoms with Crippen LogP contribution in [0, 0.1) is 0 Å². The second kappa shape index (κ2) is 29.6. The molecular weight excluding hydrogens is 542 g/mol. The number of carboxylic acids is 1. The normalized spacial score (nSPS) is 16.1. The highest BCUT2D eigenvalue weighted by atomic mass is 16.6. The van der Waals surface area contributed by atoms with E-state index in [1.807, 2.05) is 6.08 Å². The lowest BCUT2D eigenvalue weighted by Crippen LogP contribution is -2.31. The molecule has 1 aliphatic carbocycles. The van der Waals surface area contributed by atoms with Crippen molar-refractivity contribution in [2.24, 2.45) is 0 Å². The first kappa shape index (κ1) is 37.2. The van der Waals surface area contributed by atoms with Gasteiger partial charge in [0.15, 0.2) is 0 Å². The molecule has 240 valence electrons. The molecule has 0 radical (unpaired) electrons. The predicted octanol–water partition coefficient (Wildman–Crippen LogP) is 2.21. The van der Waals surface area contributed by atoms with Crippen molar-refractivity contribution in [3.8, 4) is 0 Å². The van der Waals surface area contributed by atoms with Gasteiger partial charge < -0.3 is 53.1 Å². The number of carbonyl (C=O) groups is 2. The summed E-state index contributed by atoms with van der Waals surface area (Å²) in [5.41, 5.74) is 0. The largest absolute Gasteiger partial charge is 0.481 e. The number of hydrogen-bond acceptors (Lipinski definition) is 11. The van der Waals surface area contributed by atoms with Crippen LogP contribution >= 0.6 is 0 Å². The average Bonchev–Trinajstić information content (AvgIpc) is 2.94. The lowest BCUT2D eigenvalue weighted by Gasteiger charge is -2.16. The molecule has 0 aliphatic heterocycles. The van der Waals surface area contributed by atoms with Gasteiger partial charge >= 0.3 is 12.1 Å². The molecule has 1 aliphatic rings. The van der Waals surface area contributed by atoms with E-state index in [4.69, 9.17) is 47.7 Å². The number of carbonyl (C=O) groups excluding carboxylic acids is 1. The number of allylic oxidation sites excluding steroid dienone is 1. The zero-order valence-corrected chi connectivity index (χ0v) is 24.4. The van der Waals surface area contributed by atoms with E-state index in [1.54, 1.807) is 0 Å². The molecule has 41 heavy (non-hydrogen) atoms. The lowest BCUT2D eigenvalue weighted by molar-refractivity contribution is -0.138. The number of hydrogen-bond donors (Lipinski definition) is 2. The third-order valence-corrected chi connectivity index (χ3v) is 5.55. The summed E-state index contributed by atoms with van der Waals surface area (Å²) in [6.07, 6.45) is 8.90. The zero-order chi connectivity index (χ0) is 29.5. The van der Waals surface area contributed by atoms with Crippen molar-refractivity contribution < 1.29 is 57.3 Å². The van der Waals surface area contributed by atoms with Gasteiger partial charge in [-0.1, -0.05) is 12.5 Å². The Morgan fingerprint density at radius 3 is 1.51 bits per heavy atom. The second-order valence-corrected chi connectivity index (χ2v) is 8.98. The molecule has 13 nitrogen and oxygen atoms in total. The lowest BCUT2D eigenvalue weighted by atomic mass is 10.0. The number of alkyl carbamates (subject to hydrolysis) is 1. The highest BCUT2D eigenvalue weighted by Crippen LogP contribution is 2.14. The fraction of sp³-hybridized carbons (Fsp3) is 0.857. The Hall–Kier alpha value is -1.84. The van der Waals surface area contributed by atoms with Crippen LogP contribution in [0.15, 0.2) is 12.2 Å². The van der Waals surface area contributed by atoms with E-state index >= 15 is 0 Å². The smallest absolute Gasteiger partial charge is 0.407 e. The monoisotopic (exact) mass is 593 g/mol. The number of rotatable bonds is 28. The van der Waals surface area contributed by atoms with Gasteiger partial charge in [-0.2, -0.15) is 0 Å². The molecule has 0 aromatic carbocycles. The molecule has 0 unspecified atom stereocenters. The van der Waals surface area contributed by atoms with Gasteiger partial charge in [0.1, 0.15) is 6.10 Å². The molecule has 1 atom stereocenters. The molecule has 0 aromatic rings. The Kier molecular flexibility index (Phi) is 26.9. The van der Waals surface area contributed by atoms with E-state index in [-0.39, 0.29) is 19.1 Å². The Labute approximate surface area is 244 Å². The van der Waals surface area contributed by atoms with Crippen molar-refractivity contribution in [3.05, 3.63) is 12.2 Å². The fourth-order valence-electron chi connectivity index (χ4n) is 3.43. The Bertz CT molecular complexity index is 637. The second-order valence-electron chi connectivity index (χ2n) is 8.98. The van der Waals surface area contributed by atoms with Crippen LogP contribution in [0.1, 0.15) is 38.5 Å². The van der Waals surface area contributed by atoms with Gasteiger partial charge in [0.25, 0.3) is 0 Å². The van der Waals surface area contributed by atoms with Crippen LogP contribution in [-0.2, 0) is 47.4 Å². The van der Waals surface area contributed by atoms with Crippen molar-refractivity contribution in [1.82, 2.24) is 5.32 Å². The third kappa shape index (κ3) is 28.1. The van der Waals surface area contributed by atoms with Crippen molar-refractivity contribution >= 4 is 12.1 Å². The van der Waals surface area contributed by atoms with Crippen LogP contribution in [0.4, 0.5) is 4.79 Å². The maximum Gasteiger partial charge on any atom is 0.407 e. The SMILES string of the molecule is O=C(O)CCOCCOCCOCCOCCOCCOCCOCCOCCNC(=O)O[C@@H]1/C=C/CCCCC1. The maximum absolute atomic E-state index is 11.9. The van der Waals surface area contributed by atoms with Crippen LogP contribution in [0.3, 0.4) is 0 Å². The minimum Gasteiger partial charge on any atom is -0.481 e. The van der Waals surface area contributed by atoms with E-state index < -0.39 is 12.1 Å². The Morgan fingerprint density at radius 1 is 0.610 bits per heavy atom. The first-order valence-corrected chi connectivity index (χ1v) is 14.6. The number of nitrogens with one attached hydrogen (secondary N) is 1. The van der Waals surface area contributed by atoms with Crippen LogP contribution in [0.5, 0.6) is 0 Å². The molecule has 0 heterocycles. The fourth-order valence-corrected chi connectivity index (χ4v) is 3.43. The standard InChI is InChI=1S/C28H51NO12/c30-27(31)8-10-33-12-14-35-16-18-37-20-22-39-24-25-40-23-21-38-19-17-36-15-13-34-11-9-29-28(32)41-26-6-4-2-1-3-5-7-26/h4,6,26H,1-3,5,7-25H2,(H,29,32)(H,30,31)/b6-4+/t26-/m1/s1. The first-order valence-electron chi connectivity index (χ1n) is 14.6. The summed E-state index contributed by atoms with van der Waals surface area (Å²) in [4.78, 5) is 22.2. The minimum atomic E-state index is -0.875. The van der Waals surface area contributed by atoms with Gasteiger partial charge in [0.2, 0.25) is 0 Å². The molecular formula is C28H51NO12. The average molecular weight is 594 g/mol. The summed E-state index contributed by atoms with van der Waals surface area (Å²) < 4.78 is 48.4. The van der Waals surface area contributed by atoms with E-state index in [2.05, 4.69) is 11.4 Å². The molecule has 0 bridgehead atoms. The van der Waals surface area contributed by atoms with Crippen LogP contribution < -0.4 is 5.32 Å². The molecule has 0 saturated heterocycles. The summed E-state index contributed by atoms with van der Waals surface area (Å²) in [5, 5.41) is 11.2. The van der Waals surface area contributed by atoms with Gasteiger partial charge in [0, 0.05) is 6.54 Å². The zero-order valence-electron chi connectivity index (χ0n) is 24.4. The summed E-state index contributed by atoms with van der Waals surface area (Å²) in [7, 11) is 0. The number of aliphatic carboxylic acids is 1. The third-order valence-electron chi connectivity index (χ3n) is 5.55. The van der Waals surface area contributed by atoms with Crippen molar-refractivity contribution in [2.45, 2.75) is 44.6 Å². The summed E-state index contributed by atoms with van der Waals surface area (Å²) in [6.45, 7) is 7.34. The molecule has 0 spiro atoms. The van der Waals surface area contributed by atoms with Gasteiger partial charge in [0.05, 0.1) is 112 Å². The molecule has 0 saturated carbocycles. The number of ether oxygens (including phenoxy) is 9. The summed E-state index contributed by atoms with van der Waals surface area (Å²) in [5.74, 6) is -0.875. The van der Waals surface area contributed by atoms with Crippen LogP contribution in [-0.4, -0.2) is 136 Å². The highest BCUT2D eigenvalue weighted by molar-refractivity contribution is 5.67. The molecule has 0 fully saturated rings. The van der Waals surface area contributed by atoms with Gasteiger partial charge in [-0.05, 0) is 31.8 Å². The highest BCUT2D eigenvalue weighted by Gasteiger charge is 2.12. The summed E-state index contributed by atoms with van der Waals surface area (Å²) in [6, 6.07) is 0. The van der Waals surface area contributed by atoms with E-state index in [1.165, 1.54) is 12.8 Å². The minimum absolute atomic E-state index is 0.00353.